The first kappa shape index (κ1) is 28.4. The van der Waals surface area contributed by atoms with Gasteiger partial charge in [-0.15, -0.1) is 11.3 Å². The van der Waals surface area contributed by atoms with Crippen LogP contribution in [0.5, 0.6) is 0 Å². The average Bonchev–Trinajstić information content (AvgIpc) is 3.30. The van der Waals surface area contributed by atoms with Gasteiger partial charge in [-0.2, -0.15) is 0 Å². The molecule has 1 amide bonds. The molecule has 2 saturated heterocycles. The van der Waals surface area contributed by atoms with Crippen molar-refractivity contribution in [2.45, 2.75) is 83.3 Å². The molecule has 3 heterocycles. The number of Topliss-reactive ketones (excluding diaryl/α,β-unsaturated/α-hetero) is 1. The van der Waals surface area contributed by atoms with Crippen LogP contribution < -0.4 is 5.32 Å². The lowest BCUT2D eigenvalue weighted by molar-refractivity contribution is -0.144. The maximum atomic E-state index is 13.4. The van der Waals surface area contributed by atoms with Gasteiger partial charge >= 0.3 is 0 Å². The van der Waals surface area contributed by atoms with E-state index in [2.05, 4.69) is 10.3 Å². The van der Waals surface area contributed by atoms with E-state index in [0.29, 0.717) is 12.8 Å². The van der Waals surface area contributed by atoms with Crippen molar-refractivity contribution in [2.75, 3.05) is 13.2 Å². The molecule has 2 fully saturated rings. The van der Waals surface area contributed by atoms with Crippen molar-refractivity contribution in [1.82, 2.24) is 10.3 Å². The molecule has 10 heteroatoms. The number of ketones is 1. The fraction of sp³-hybridized carbons (Fsp3) is 0.667. The van der Waals surface area contributed by atoms with Gasteiger partial charge in [0.05, 0.1) is 58.5 Å². The Hall–Kier alpha value is -1.62. The molecule has 2 aromatic rings. The Kier molecular flexibility index (Phi) is 8.34. The van der Waals surface area contributed by atoms with Crippen LogP contribution in [0.3, 0.4) is 0 Å². The van der Waals surface area contributed by atoms with Crippen molar-refractivity contribution in [2.24, 2.45) is 17.3 Å². The molecule has 0 bridgehead atoms. The maximum Gasteiger partial charge on any atom is 0.223 e. The number of benzene rings is 1. The first-order valence-electron chi connectivity index (χ1n) is 12.9. The first-order valence-corrected chi connectivity index (χ1v) is 14.1. The van der Waals surface area contributed by atoms with Crippen molar-refractivity contribution in [3.63, 3.8) is 0 Å². The molecular weight excluding hydrogens is 516 g/mol. The smallest absolute Gasteiger partial charge is 0.223 e. The van der Waals surface area contributed by atoms with Gasteiger partial charge in [0.2, 0.25) is 5.91 Å². The van der Waals surface area contributed by atoms with E-state index in [9.17, 15) is 19.8 Å². The second-order valence-corrected chi connectivity index (χ2v) is 12.9. The second kappa shape index (κ2) is 10.9. The molecule has 1 aromatic heterocycles. The van der Waals surface area contributed by atoms with Crippen LogP contribution in [0.2, 0.25) is 0 Å². The van der Waals surface area contributed by atoms with Crippen LogP contribution in [-0.2, 0) is 19.1 Å². The minimum atomic E-state index is -1.23. The van der Waals surface area contributed by atoms with Crippen LogP contribution in [0.1, 0.15) is 63.6 Å². The molecule has 7 atom stereocenters. The standard InChI is InChI=1S/C27H37ClN2O6S/c1-6-17-24(33)14(2)12-35-13-27(28)22(36-27)10-18(16-7-8-20-19(9-16)29-15(3)37-20)30-23(32)11-21(31)26(4,5)25(17)34/h7-9,14,17-18,21-22,24,31,33H,6,10-13H2,1-5H3,(H,30,32)/t14-,17+,18-,21-,22?,24-,27?/m0/s1. The molecule has 2 aliphatic heterocycles. The Morgan fingerprint density at radius 3 is 2.70 bits per heavy atom. The largest absolute Gasteiger partial charge is 0.392 e. The highest BCUT2D eigenvalue weighted by Gasteiger charge is 2.56. The SMILES string of the molecule is CC[C@H]1C(=O)C(C)(C)[C@@H](O)CC(=O)N[C@H](c2ccc3sc(C)nc3c2)CC2OC2(Cl)COC[C@H](C)[C@@H]1O. The third kappa shape index (κ3) is 6.02. The number of thiazole rings is 1. The summed E-state index contributed by atoms with van der Waals surface area (Å²) in [7, 11) is 0. The number of aliphatic hydroxyl groups is 2. The van der Waals surface area contributed by atoms with Crippen molar-refractivity contribution in [3.05, 3.63) is 28.8 Å². The number of epoxide rings is 1. The summed E-state index contributed by atoms with van der Waals surface area (Å²) in [4.78, 5) is 31.2. The van der Waals surface area contributed by atoms with E-state index >= 15 is 0 Å². The Bertz CT molecular complexity index is 1160. The summed E-state index contributed by atoms with van der Waals surface area (Å²) in [6, 6.07) is 5.46. The lowest BCUT2D eigenvalue weighted by atomic mass is 9.72. The van der Waals surface area contributed by atoms with Crippen LogP contribution >= 0.6 is 22.9 Å². The molecule has 2 aliphatic rings. The summed E-state index contributed by atoms with van der Waals surface area (Å²) in [6.07, 6.45) is -1.99. The molecule has 2 unspecified atom stereocenters. The van der Waals surface area contributed by atoms with Gasteiger partial charge in [-0.05, 0) is 31.0 Å². The summed E-state index contributed by atoms with van der Waals surface area (Å²) in [5.41, 5.74) is 0.479. The molecule has 0 spiro atoms. The number of fused-ring (bicyclic) bond motifs is 2. The summed E-state index contributed by atoms with van der Waals surface area (Å²) >= 11 is 8.26. The molecule has 3 N–H and O–H groups in total. The molecule has 0 radical (unpaired) electrons. The van der Waals surface area contributed by atoms with E-state index in [4.69, 9.17) is 21.1 Å². The normalized spacial score (nSPS) is 35.7. The highest BCUT2D eigenvalue weighted by atomic mass is 35.5. The number of aromatic nitrogens is 1. The monoisotopic (exact) mass is 552 g/mol. The summed E-state index contributed by atoms with van der Waals surface area (Å²) < 4.78 is 12.7. The van der Waals surface area contributed by atoms with Gasteiger partial charge in [0, 0.05) is 18.3 Å². The predicted molar refractivity (Wildman–Crippen MR) is 142 cm³/mol. The number of alkyl halides is 1. The summed E-state index contributed by atoms with van der Waals surface area (Å²) in [6.45, 7) is 9.18. The molecule has 204 valence electrons. The fourth-order valence-corrected chi connectivity index (χ4v) is 6.19. The van der Waals surface area contributed by atoms with Crippen LogP contribution in [0, 0.1) is 24.2 Å². The third-order valence-corrected chi connectivity index (χ3v) is 9.16. The van der Waals surface area contributed by atoms with Gasteiger partial charge < -0.3 is 25.0 Å². The van der Waals surface area contributed by atoms with Crippen LogP contribution in [-0.4, -0.2) is 63.5 Å². The number of amides is 1. The fourth-order valence-electron chi connectivity index (χ4n) is 5.11. The van der Waals surface area contributed by atoms with Crippen molar-refractivity contribution in [1.29, 1.82) is 0 Å². The molecule has 1 aromatic carbocycles. The lowest BCUT2D eigenvalue weighted by Gasteiger charge is -2.35. The minimum Gasteiger partial charge on any atom is -0.392 e. The number of nitrogens with one attached hydrogen (secondary N) is 1. The van der Waals surface area contributed by atoms with E-state index in [-0.39, 0.29) is 43.3 Å². The highest BCUT2D eigenvalue weighted by Crippen LogP contribution is 2.46. The van der Waals surface area contributed by atoms with E-state index < -0.39 is 34.6 Å². The van der Waals surface area contributed by atoms with Gasteiger partial charge in [-0.3, -0.25) is 9.59 Å². The maximum absolute atomic E-state index is 13.4. The van der Waals surface area contributed by atoms with Gasteiger partial charge in [-0.1, -0.05) is 45.4 Å². The van der Waals surface area contributed by atoms with Crippen LogP contribution in [0.25, 0.3) is 10.2 Å². The van der Waals surface area contributed by atoms with Crippen LogP contribution in [0.15, 0.2) is 18.2 Å². The minimum absolute atomic E-state index is 0.121. The third-order valence-electron chi connectivity index (χ3n) is 7.77. The highest BCUT2D eigenvalue weighted by molar-refractivity contribution is 7.18. The summed E-state index contributed by atoms with van der Waals surface area (Å²) in [5.74, 6) is -1.70. The number of aliphatic hydroxyl groups excluding tert-OH is 2. The van der Waals surface area contributed by atoms with Gasteiger partial charge in [0.15, 0.2) is 5.06 Å². The number of carbonyl (C=O) groups excluding carboxylic acids is 2. The number of carbonyl (C=O) groups is 2. The summed E-state index contributed by atoms with van der Waals surface area (Å²) in [5, 5.41) is 24.9. The Labute approximate surface area is 226 Å². The van der Waals surface area contributed by atoms with E-state index in [1.54, 1.807) is 25.2 Å². The Morgan fingerprint density at radius 2 is 2.00 bits per heavy atom. The lowest BCUT2D eigenvalue weighted by Crippen LogP contribution is -2.47. The second-order valence-electron chi connectivity index (χ2n) is 11.0. The number of nitrogens with zero attached hydrogens (tertiary/aromatic N) is 1. The van der Waals surface area contributed by atoms with Gasteiger partial charge in [-0.25, -0.2) is 4.98 Å². The van der Waals surface area contributed by atoms with Crippen molar-refractivity contribution >= 4 is 44.8 Å². The molecule has 8 nitrogen and oxygen atoms in total. The van der Waals surface area contributed by atoms with Gasteiger partial charge in [0.1, 0.15) is 11.9 Å². The quantitative estimate of drug-likeness (QED) is 0.382. The number of ether oxygens (including phenoxy) is 2. The molecule has 0 saturated carbocycles. The molecule has 0 aliphatic carbocycles. The number of rotatable bonds is 2. The van der Waals surface area contributed by atoms with Crippen LogP contribution in [0.4, 0.5) is 0 Å². The zero-order valence-corrected chi connectivity index (χ0v) is 23.6. The number of hydrogen-bond donors (Lipinski definition) is 3. The van der Waals surface area contributed by atoms with E-state index in [1.807, 2.05) is 39.0 Å². The zero-order valence-electron chi connectivity index (χ0n) is 22.0. The Balaban J connectivity index is 1.62. The zero-order chi connectivity index (χ0) is 27.1. The first-order chi connectivity index (χ1) is 17.4. The number of halogens is 1. The predicted octanol–water partition coefficient (Wildman–Crippen LogP) is 3.89. The van der Waals surface area contributed by atoms with E-state index in [0.717, 1.165) is 20.8 Å². The molecule has 37 heavy (non-hydrogen) atoms. The molecule has 4 rings (SSSR count). The number of aryl methyl sites for hydroxylation is 1. The number of hydrogen-bond acceptors (Lipinski definition) is 8. The van der Waals surface area contributed by atoms with Crippen molar-refractivity contribution < 1.29 is 29.3 Å². The van der Waals surface area contributed by atoms with Gasteiger partial charge in [0.25, 0.3) is 0 Å². The molecular formula is C27H37ClN2O6S. The van der Waals surface area contributed by atoms with E-state index in [1.165, 1.54) is 0 Å². The topological polar surface area (TPSA) is 121 Å². The average molecular weight is 553 g/mol. The Morgan fingerprint density at radius 1 is 1.27 bits per heavy atom. The van der Waals surface area contributed by atoms with Crippen molar-refractivity contribution in [3.8, 4) is 0 Å².